The summed E-state index contributed by atoms with van der Waals surface area (Å²) in [5.74, 6) is 0.590. The number of nitrogens with one attached hydrogen (secondary N) is 1. The van der Waals surface area contributed by atoms with Gasteiger partial charge in [-0.05, 0) is 60.9 Å². The van der Waals surface area contributed by atoms with Gasteiger partial charge in [-0.2, -0.15) is 0 Å². The molecule has 0 unspecified atom stereocenters. The quantitative estimate of drug-likeness (QED) is 0.534. The van der Waals surface area contributed by atoms with Gasteiger partial charge < -0.3 is 15.0 Å². The summed E-state index contributed by atoms with van der Waals surface area (Å²) in [6.07, 6.45) is 4.38. The van der Waals surface area contributed by atoms with E-state index in [1.807, 2.05) is 66.7 Å². The van der Waals surface area contributed by atoms with Gasteiger partial charge in [0.1, 0.15) is 5.75 Å². The van der Waals surface area contributed by atoms with Crippen LogP contribution in [0.15, 0.2) is 76.5 Å². The number of amides is 2. The molecule has 5 rings (SSSR count). The Morgan fingerprint density at radius 2 is 1.85 bits per heavy atom. The van der Waals surface area contributed by atoms with Crippen LogP contribution in [0.2, 0.25) is 0 Å². The van der Waals surface area contributed by atoms with Gasteiger partial charge in [0.15, 0.2) is 0 Å². The van der Waals surface area contributed by atoms with Crippen LogP contribution in [0, 0.1) is 0 Å². The number of methoxy groups -OCH3 is 1. The number of fused-ring (bicyclic) bond motifs is 2. The van der Waals surface area contributed by atoms with Crippen LogP contribution in [0.4, 0.5) is 5.69 Å². The Kier molecular flexibility index (Phi) is 6.09. The number of rotatable bonds is 5. The number of benzene rings is 3. The average molecular weight is 459 g/mol. The fourth-order valence-electron chi connectivity index (χ4n) is 4.51. The van der Waals surface area contributed by atoms with Crippen molar-refractivity contribution in [3.05, 3.63) is 83.4 Å². The Hall–Kier alpha value is -3.25. The van der Waals surface area contributed by atoms with Crippen molar-refractivity contribution in [3.8, 4) is 5.75 Å². The Balaban J connectivity index is 1.54. The Bertz CT molecular complexity index is 1200. The second kappa shape index (κ2) is 9.32. The second-order valence-electron chi connectivity index (χ2n) is 8.48. The topological polar surface area (TPSA) is 58.6 Å². The fourth-order valence-corrected chi connectivity index (χ4v) is 5.57. The molecule has 6 heteroatoms. The Morgan fingerprint density at radius 1 is 1.03 bits per heavy atom. The monoisotopic (exact) mass is 458 g/mol. The highest BCUT2D eigenvalue weighted by molar-refractivity contribution is 7.99. The summed E-state index contributed by atoms with van der Waals surface area (Å²) in [6, 6.07) is 21.3. The molecule has 0 radical (unpaired) electrons. The maximum absolute atomic E-state index is 13.7. The summed E-state index contributed by atoms with van der Waals surface area (Å²) in [4.78, 5) is 30.3. The van der Waals surface area contributed by atoms with Gasteiger partial charge in [0.25, 0.3) is 11.8 Å². The molecule has 168 valence electrons. The minimum Gasteiger partial charge on any atom is -0.497 e. The first-order chi connectivity index (χ1) is 16.1. The predicted molar refractivity (Wildman–Crippen MR) is 130 cm³/mol. The van der Waals surface area contributed by atoms with E-state index in [4.69, 9.17) is 4.74 Å². The van der Waals surface area contributed by atoms with Crippen LogP contribution in [-0.2, 0) is 6.54 Å². The van der Waals surface area contributed by atoms with Gasteiger partial charge >= 0.3 is 0 Å². The van der Waals surface area contributed by atoms with Crippen LogP contribution >= 0.6 is 11.8 Å². The lowest BCUT2D eigenvalue weighted by Crippen LogP contribution is -2.33. The third kappa shape index (κ3) is 4.48. The number of nitrogens with zero attached hydrogens (tertiary/aromatic N) is 1. The van der Waals surface area contributed by atoms with Gasteiger partial charge in [0.05, 0.1) is 24.9 Å². The smallest absolute Gasteiger partial charge is 0.259 e. The average Bonchev–Trinajstić information content (AvgIpc) is 3.32. The molecule has 3 aromatic rings. The van der Waals surface area contributed by atoms with Crippen LogP contribution in [-0.4, -0.2) is 25.0 Å². The summed E-state index contributed by atoms with van der Waals surface area (Å²) in [5.41, 5.74) is 2.95. The highest BCUT2D eigenvalue weighted by atomic mass is 32.2. The lowest BCUT2D eigenvalue weighted by atomic mass is 10.1. The summed E-state index contributed by atoms with van der Waals surface area (Å²) in [6.45, 7) is 0.381. The number of ether oxygens (including phenoxy) is 1. The molecule has 33 heavy (non-hydrogen) atoms. The molecule has 2 aliphatic rings. The van der Waals surface area contributed by atoms with E-state index < -0.39 is 0 Å². The van der Waals surface area contributed by atoms with Crippen LogP contribution in [0.25, 0.3) is 0 Å². The van der Waals surface area contributed by atoms with Crippen molar-refractivity contribution in [1.29, 1.82) is 0 Å². The van der Waals surface area contributed by atoms with E-state index >= 15 is 0 Å². The zero-order valence-electron chi connectivity index (χ0n) is 18.5. The Labute approximate surface area is 198 Å². The van der Waals surface area contributed by atoms with E-state index in [0.29, 0.717) is 17.7 Å². The molecule has 3 aromatic carbocycles. The predicted octanol–water partition coefficient (Wildman–Crippen LogP) is 5.68. The van der Waals surface area contributed by atoms with E-state index in [1.54, 1.807) is 23.8 Å². The SMILES string of the molecule is COc1cccc(CN2C(=O)c3ccccc3Sc3ccc(C(=O)NC4CCCC4)cc32)c1. The number of carbonyl (C=O) groups excluding carboxylic acids is 2. The first-order valence-electron chi connectivity index (χ1n) is 11.3. The van der Waals surface area contributed by atoms with Crippen molar-refractivity contribution in [2.24, 2.45) is 0 Å². The maximum Gasteiger partial charge on any atom is 0.259 e. The number of carbonyl (C=O) groups is 2. The third-order valence-corrected chi connectivity index (χ3v) is 7.40. The highest BCUT2D eigenvalue weighted by Gasteiger charge is 2.28. The first-order valence-corrected chi connectivity index (χ1v) is 12.1. The molecule has 1 aliphatic carbocycles. The van der Waals surface area contributed by atoms with Gasteiger partial charge in [-0.15, -0.1) is 0 Å². The summed E-state index contributed by atoms with van der Waals surface area (Å²) in [7, 11) is 1.63. The minimum atomic E-state index is -0.0785. The molecular weight excluding hydrogens is 432 g/mol. The van der Waals surface area contributed by atoms with E-state index in [1.165, 1.54) is 0 Å². The molecule has 1 N–H and O–H groups in total. The molecule has 1 fully saturated rings. The number of anilines is 1. The standard InChI is InChI=1S/C27H26N2O3S/c1-32-21-10-6-7-18(15-21)17-29-23-16-19(26(30)28-20-8-2-3-9-20)13-14-25(23)33-24-12-5-4-11-22(24)27(29)31/h4-7,10-16,20H,2-3,8-9,17H2,1H3,(H,28,30). The molecule has 0 aromatic heterocycles. The molecule has 0 saturated heterocycles. The third-order valence-electron chi connectivity index (χ3n) is 6.26. The summed E-state index contributed by atoms with van der Waals surface area (Å²) < 4.78 is 5.37. The lowest BCUT2D eigenvalue weighted by Gasteiger charge is -2.24. The summed E-state index contributed by atoms with van der Waals surface area (Å²) >= 11 is 1.56. The molecule has 5 nitrogen and oxygen atoms in total. The molecule has 0 atom stereocenters. The molecule has 0 bridgehead atoms. The zero-order valence-corrected chi connectivity index (χ0v) is 19.4. The molecule has 2 amide bonds. The van der Waals surface area contributed by atoms with Crippen molar-refractivity contribution in [3.63, 3.8) is 0 Å². The minimum absolute atomic E-state index is 0.0759. The maximum atomic E-state index is 13.7. The van der Waals surface area contributed by atoms with Crippen molar-refractivity contribution in [1.82, 2.24) is 5.32 Å². The van der Waals surface area contributed by atoms with Crippen molar-refractivity contribution in [2.45, 2.75) is 48.1 Å². The number of hydrogen-bond acceptors (Lipinski definition) is 4. The zero-order chi connectivity index (χ0) is 22.8. The highest BCUT2D eigenvalue weighted by Crippen LogP contribution is 2.42. The van der Waals surface area contributed by atoms with Crippen molar-refractivity contribution >= 4 is 29.3 Å². The molecule has 0 spiro atoms. The molecule has 1 heterocycles. The van der Waals surface area contributed by atoms with Crippen molar-refractivity contribution in [2.75, 3.05) is 12.0 Å². The number of hydrogen-bond donors (Lipinski definition) is 1. The lowest BCUT2D eigenvalue weighted by molar-refractivity contribution is 0.0935. The molecule has 1 aliphatic heterocycles. The largest absolute Gasteiger partial charge is 0.497 e. The van der Waals surface area contributed by atoms with E-state index in [9.17, 15) is 9.59 Å². The van der Waals surface area contributed by atoms with Crippen molar-refractivity contribution < 1.29 is 14.3 Å². The van der Waals surface area contributed by atoms with E-state index in [-0.39, 0.29) is 17.9 Å². The van der Waals surface area contributed by atoms with E-state index in [2.05, 4.69) is 5.32 Å². The summed E-state index contributed by atoms with van der Waals surface area (Å²) in [5, 5.41) is 3.16. The molecule has 1 saturated carbocycles. The van der Waals surface area contributed by atoms with Gasteiger partial charge in [-0.25, -0.2) is 0 Å². The first kappa shape index (κ1) is 21.6. The van der Waals surface area contributed by atoms with Crippen LogP contribution < -0.4 is 15.0 Å². The van der Waals surface area contributed by atoms with Crippen LogP contribution in [0.1, 0.15) is 52.0 Å². The van der Waals surface area contributed by atoms with E-state index in [0.717, 1.165) is 52.5 Å². The fraction of sp³-hybridized carbons (Fsp3) is 0.259. The molecular formula is C27H26N2O3S. The van der Waals surface area contributed by atoms with Gasteiger partial charge in [-0.1, -0.05) is 48.9 Å². The van der Waals surface area contributed by atoms with Gasteiger partial charge in [0, 0.05) is 21.4 Å². The Morgan fingerprint density at radius 3 is 2.67 bits per heavy atom. The van der Waals surface area contributed by atoms with Gasteiger partial charge in [0.2, 0.25) is 0 Å². The van der Waals surface area contributed by atoms with Crippen LogP contribution in [0.5, 0.6) is 5.75 Å². The normalized spacial score (nSPS) is 15.5. The second-order valence-corrected chi connectivity index (χ2v) is 9.56. The van der Waals surface area contributed by atoms with Gasteiger partial charge in [-0.3, -0.25) is 9.59 Å². The van der Waals surface area contributed by atoms with Crippen LogP contribution in [0.3, 0.4) is 0 Å².